The Balaban J connectivity index is 1.54. The summed E-state index contributed by atoms with van der Waals surface area (Å²) in [6.45, 7) is 1.25. The van der Waals surface area contributed by atoms with Gasteiger partial charge in [-0.3, -0.25) is 14.2 Å². The number of carbonyl (C=O) groups is 2. The molecule has 3 heterocycles. The maximum atomic E-state index is 13.0. The van der Waals surface area contributed by atoms with Crippen molar-refractivity contribution >= 4 is 23.0 Å². The maximum Gasteiger partial charge on any atom is 0.305 e. The third kappa shape index (κ3) is 3.60. The topological polar surface area (TPSA) is 77.3 Å². The van der Waals surface area contributed by atoms with Gasteiger partial charge in [-0.05, 0) is 37.0 Å². The van der Waals surface area contributed by atoms with Gasteiger partial charge in [0, 0.05) is 31.4 Å². The molecule has 1 aromatic carbocycles. The van der Waals surface area contributed by atoms with Crippen LogP contribution in [-0.2, 0) is 9.53 Å². The smallest absolute Gasteiger partial charge is 0.305 e. The monoisotopic (exact) mass is 378 g/mol. The van der Waals surface area contributed by atoms with Gasteiger partial charge in [0.1, 0.15) is 11.8 Å². The summed E-state index contributed by atoms with van der Waals surface area (Å²) in [6.07, 6.45) is 5.48. The standard InChI is InChI=1S/C21H22N4O3/c1-28-19(26)10-15-6-5-9-24(13-15)21(27)16-11-18-20(22-12-16)25(14-23-18)17-7-3-2-4-8-17/h2-4,7-8,11-12,14-15H,5-6,9-10,13H2,1H3. The van der Waals surface area contributed by atoms with E-state index in [2.05, 4.69) is 9.97 Å². The van der Waals surface area contributed by atoms with E-state index in [1.165, 1.54) is 7.11 Å². The van der Waals surface area contributed by atoms with Crippen LogP contribution in [0.4, 0.5) is 0 Å². The molecule has 2 aromatic heterocycles. The lowest BCUT2D eigenvalue weighted by molar-refractivity contribution is -0.142. The van der Waals surface area contributed by atoms with Crippen LogP contribution in [0.3, 0.4) is 0 Å². The number of nitrogens with zero attached hydrogens (tertiary/aromatic N) is 4. The molecule has 1 aliphatic heterocycles. The Morgan fingerprint density at radius 2 is 2.04 bits per heavy atom. The highest BCUT2D eigenvalue weighted by atomic mass is 16.5. The van der Waals surface area contributed by atoms with Gasteiger partial charge in [0.25, 0.3) is 5.91 Å². The van der Waals surface area contributed by atoms with E-state index in [0.29, 0.717) is 36.2 Å². The molecule has 1 amide bonds. The van der Waals surface area contributed by atoms with E-state index in [4.69, 9.17) is 4.74 Å². The minimum Gasteiger partial charge on any atom is -0.469 e. The molecule has 1 fully saturated rings. The molecule has 7 nitrogen and oxygen atoms in total. The number of para-hydroxylation sites is 1. The van der Waals surface area contributed by atoms with E-state index in [0.717, 1.165) is 18.5 Å². The van der Waals surface area contributed by atoms with E-state index in [9.17, 15) is 9.59 Å². The SMILES string of the molecule is COC(=O)CC1CCCN(C(=O)c2cnc3c(c2)ncn3-c2ccccc2)C1. The molecule has 1 aliphatic rings. The van der Waals surface area contributed by atoms with Crippen LogP contribution in [0.2, 0.25) is 0 Å². The Labute approximate surface area is 163 Å². The molecular formula is C21H22N4O3. The van der Waals surface area contributed by atoms with E-state index >= 15 is 0 Å². The van der Waals surface area contributed by atoms with Crippen LogP contribution in [0.1, 0.15) is 29.6 Å². The van der Waals surface area contributed by atoms with Crippen molar-refractivity contribution in [3.8, 4) is 5.69 Å². The largest absolute Gasteiger partial charge is 0.469 e. The van der Waals surface area contributed by atoms with Gasteiger partial charge in [-0.2, -0.15) is 0 Å². The van der Waals surface area contributed by atoms with Crippen molar-refractivity contribution < 1.29 is 14.3 Å². The van der Waals surface area contributed by atoms with Gasteiger partial charge < -0.3 is 9.64 Å². The number of carbonyl (C=O) groups excluding carboxylic acids is 2. The second-order valence-corrected chi connectivity index (χ2v) is 7.06. The minimum atomic E-state index is -0.228. The summed E-state index contributed by atoms with van der Waals surface area (Å²) in [5.41, 5.74) is 2.88. The molecule has 28 heavy (non-hydrogen) atoms. The van der Waals surface area contributed by atoms with Crippen LogP contribution in [0.15, 0.2) is 48.9 Å². The fourth-order valence-electron chi connectivity index (χ4n) is 3.71. The van der Waals surface area contributed by atoms with Gasteiger partial charge in [-0.15, -0.1) is 0 Å². The number of benzene rings is 1. The maximum absolute atomic E-state index is 13.0. The number of methoxy groups -OCH3 is 1. The van der Waals surface area contributed by atoms with E-state index in [1.54, 1.807) is 23.5 Å². The first-order chi connectivity index (χ1) is 13.7. The Morgan fingerprint density at radius 3 is 2.82 bits per heavy atom. The van der Waals surface area contributed by atoms with Crippen LogP contribution in [-0.4, -0.2) is 51.5 Å². The molecule has 0 saturated carbocycles. The number of fused-ring (bicyclic) bond motifs is 1. The van der Waals surface area contributed by atoms with Crippen LogP contribution in [0.5, 0.6) is 0 Å². The highest BCUT2D eigenvalue weighted by Gasteiger charge is 2.26. The molecule has 0 radical (unpaired) electrons. The zero-order chi connectivity index (χ0) is 19.5. The molecule has 1 unspecified atom stereocenters. The van der Waals surface area contributed by atoms with Crippen molar-refractivity contribution in [1.82, 2.24) is 19.4 Å². The van der Waals surface area contributed by atoms with Crippen LogP contribution >= 0.6 is 0 Å². The number of likely N-dealkylation sites (tertiary alicyclic amines) is 1. The third-order valence-electron chi connectivity index (χ3n) is 5.16. The van der Waals surface area contributed by atoms with Crippen molar-refractivity contribution in [1.29, 1.82) is 0 Å². The molecule has 0 aliphatic carbocycles. The summed E-state index contributed by atoms with van der Waals surface area (Å²) in [5, 5.41) is 0. The third-order valence-corrected chi connectivity index (χ3v) is 5.16. The highest BCUT2D eigenvalue weighted by Crippen LogP contribution is 2.23. The van der Waals surface area contributed by atoms with Crippen molar-refractivity contribution in [2.45, 2.75) is 19.3 Å². The number of piperidine rings is 1. The van der Waals surface area contributed by atoms with Gasteiger partial charge in [-0.25, -0.2) is 9.97 Å². The Hall–Kier alpha value is -3.22. The summed E-state index contributed by atoms with van der Waals surface area (Å²) in [4.78, 5) is 35.2. The summed E-state index contributed by atoms with van der Waals surface area (Å²) in [5.74, 6) is -0.161. The lowest BCUT2D eigenvalue weighted by Crippen LogP contribution is -2.40. The van der Waals surface area contributed by atoms with Gasteiger partial charge in [0.15, 0.2) is 5.65 Å². The zero-order valence-corrected chi connectivity index (χ0v) is 15.7. The summed E-state index contributed by atoms with van der Waals surface area (Å²) in [7, 11) is 1.39. The average molecular weight is 378 g/mol. The van der Waals surface area contributed by atoms with Crippen molar-refractivity contribution in [3.05, 3.63) is 54.5 Å². The summed E-state index contributed by atoms with van der Waals surface area (Å²) < 4.78 is 6.66. The fourth-order valence-corrected chi connectivity index (χ4v) is 3.71. The van der Waals surface area contributed by atoms with Crippen LogP contribution < -0.4 is 0 Å². The minimum absolute atomic E-state index is 0.0711. The fraction of sp³-hybridized carbons (Fsp3) is 0.333. The molecule has 4 rings (SSSR count). The van der Waals surface area contributed by atoms with Crippen molar-refractivity contribution in [2.75, 3.05) is 20.2 Å². The second kappa shape index (κ2) is 7.80. The number of hydrogen-bond donors (Lipinski definition) is 0. The molecule has 0 bridgehead atoms. The molecular weight excluding hydrogens is 356 g/mol. The molecule has 7 heteroatoms. The Morgan fingerprint density at radius 1 is 1.21 bits per heavy atom. The van der Waals surface area contributed by atoms with Gasteiger partial charge in [-0.1, -0.05) is 18.2 Å². The molecule has 1 saturated heterocycles. The number of aromatic nitrogens is 3. The van der Waals surface area contributed by atoms with Gasteiger partial charge in [0.05, 0.1) is 12.7 Å². The number of pyridine rings is 1. The highest BCUT2D eigenvalue weighted by molar-refractivity contribution is 5.96. The number of imidazole rings is 1. The second-order valence-electron chi connectivity index (χ2n) is 7.06. The molecule has 1 atom stereocenters. The van der Waals surface area contributed by atoms with Gasteiger partial charge in [0.2, 0.25) is 0 Å². The molecule has 0 N–H and O–H groups in total. The van der Waals surface area contributed by atoms with E-state index in [-0.39, 0.29) is 17.8 Å². The predicted molar refractivity (Wildman–Crippen MR) is 104 cm³/mol. The van der Waals surface area contributed by atoms with Gasteiger partial charge >= 0.3 is 5.97 Å². The van der Waals surface area contributed by atoms with E-state index < -0.39 is 0 Å². The van der Waals surface area contributed by atoms with Crippen molar-refractivity contribution in [2.24, 2.45) is 5.92 Å². The van der Waals surface area contributed by atoms with Crippen molar-refractivity contribution in [3.63, 3.8) is 0 Å². The number of esters is 1. The first kappa shape index (κ1) is 18.2. The predicted octanol–water partition coefficient (Wildman–Crippen LogP) is 2.84. The number of hydrogen-bond acceptors (Lipinski definition) is 5. The van der Waals surface area contributed by atoms with Crippen LogP contribution in [0.25, 0.3) is 16.9 Å². The normalized spacial score (nSPS) is 16.9. The lowest BCUT2D eigenvalue weighted by atomic mass is 9.94. The molecule has 0 spiro atoms. The number of amides is 1. The lowest BCUT2D eigenvalue weighted by Gasteiger charge is -2.32. The summed E-state index contributed by atoms with van der Waals surface area (Å²) in [6, 6.07) is 11.6. The zero-order valence-electron chi connectivity index (χ0n) is 15.7. The molecule has 3 aromatic rings. The summed E-state index contributed by atoms with van der Waals surface area (Å²) >= 11 is 0. The number of ether oxygens (including phenoxy) is 1. The Bertz CT molecular complexity index is 999. The Kier molecular flexibility index (Phi) is 5.06. The number of rotatable bonds is 4. The first-order valence-electron chi connectivity index (χ1n) is 9.40. The quantitative estimate of drug-likeness (QED) is 0.653. The average Bonchev–Trinajstić information content (AvgIpc) is 3.17. The van der Waals surface area contributed by atoms with Crippen LogP contribution in [0, 0.1) is 5.92 Å². The molecule has 144 valence electrons. The van der Waals surface area contributed by atoms with E-state index in [1.807, 2.05) is 34.9 Å². The first-order valence-corrected chi connectivity index (χ1v) is 9.40.